The summed E-state index contributed by atoms with van der Waals surface area (Å²) in [5, 5.41) is 20.6. The van der Waals surface area contributed by atoms with Gasteiger partial charge in [-0.2, -0.15) is 0 Å². The minimum Gasteiger partial charge on any atom is -0.478 e. The van der Waals surface area contributed by atoms with E-state index in [4.69, 9.17) is 10.2 Å². The second kappa shape index (κ2) is 4.57. The van der Waals surface area contributed by atoms with Gasteiger partial charge in [-0.25, -0.2) is 4.79 Å². The predicted octanol–water partition coefficient (Wildman–Crippen LogP) is 0.573. The van der Waals surface area contributed by atoms with Crippen LogP contribution in [0.1, 0.15) is 17.3 Å². The highest BCUT2D eigenvalue weighted by Crippen LogP contribution is 2.12. The molecule has 0 aliphatic carbocycles. The minimum atomic E-state index is -1.04. The van der Waals surface area contributed by atoms with E-state index >= 15 is 0 Å². The second-order valence-corrected chi connectivity index (χ2v) is 2.96. The van der Waals surface area contributed by atoms with Gasteiger partial charge in [0.2, 0.25) is 0 Å². The Labute approximate surface area is 81.4 Å². The number of aliphatic hydroxyl groups is 1. The average molecular weight is 196 g/mol. The van der Waals surface area contributed by atoms with Gasteiger partial charge in [-0.1, -0.05) is 0 Å². The first kappa shape index (κ1) is 10.5. The van der Waals surface area contributed by atoms with Crippen LogP contribution in [0.25, 0.3) is 0 Å². The number of carboxylic acid groups (broad SMARTS) is 1. The van der Waals surface area contributed by atoms with Crippen LogP contribution in [0.15, 0.2) is 18.5 Å². The van der Waals surface area contributed by atoms with Gasteiger partial charge in [0.15, 0.2) is 0 Å². The molecule has 0 radical (unpaired) electrons. The van der Waals surface area contributed by atoms with Gasteiger partial charge in [0.25, 0.3) is 0 Å². The molecule has 0 saturated heterocycles. The number of aromatic carboxylic acids is 1. The number of aliphatic hydroxyl groups excluding tert-OH is 1. The van der Waals surface area contributed by atoms with Crippen LogP contribution in [0.3, 0.4) is 0 Å². The fourth-order valence-electron chi connectivity index (χ4n) is 0.977. The van der Waals surface area contributed by atoms with E-state index in [0.29, 0.717) is 12.2 Å². The fraction of sp³-hybridized carbons (Fsp3) is 0.333. The molecule has 1 atom stereocenters. The smallest absolute Gasteiger partial charge is 0.339 e. The molecule has 1 heterocycles. The van der Waals surface area contributed by atoms with E-state index in [2.05, 4.69) is 10.3 Å². The monoisotopic (exact) mass is 196 g/mol. The lowest BCUT2D eigenvalue weighted by molar-refractivity contribution is 0.0697. The molecule has 3 N–H and O–H groups in total. The van der Waals surface area contributed by atoms with Gasteiger partial charge in [-0.3, -0.25) is 4.98 Å². The average Bonchev–Trinajstić information content (AvgIpc) is 2.15. The maximum atomic E-state index is 10.7. The first-order valence-electron chi connectivity index (χ1n) is 4.20. The number of hydrogen-bond acceptors (Lipinski definition) is 4. The van der Waals surface area contributed by atoms with Crippen LogP contribution in [0, 0.1) is 0 Å². The third-order valence-corrected chi connectivity index (χ3v) is 1.64. The Balaban J connectivity index is 2.79. The van der Waals surface area contributed by atoms with E-state index in [1.54, 1.807) is 13.0 Å². The normalized spacial score (nSPS) is 12.1. The molecule has 76 valence electrons. The van der Waals surface area contributed by atoms with Crippen molar-refractivity contribution in [3.8, 4) is 0 Å². The van der Waals surface area contributed by atoms with Crippen molar-refractivity contribution < 1.29 is 15.0 Å². The van der Waals surface area contributed by atoms with Crippen LogP contribution in [0.4, 0.5) is 5.69 Å². The molecular weight excluding hydrogens is 184 g/mol. The molecule has 0 aliphatic rings. The third kappa shape index (κ3) is 2.70. The molecule has 0 aliphatic heterocycles. The molecule has 5 heteroatoms. The predicted molar refractivity (Wildman–Crippen MR) is 51.4 cm³/mol. The van der Waals surface area contributed by atoms with Crippen molar-refractivity contribution in [2.24, 2.45) is 0 Å². The van der Waals surface area contributed by atoms with Gasteiger partial charge in [0.1, 0.15) is 5.56 Å². The Hall–Kier alpha value is -1.62. The van der Waals surface area contributed by atoms with Gasteiger partial charge >= 0.3 is 5.97 Å². The topological polar surface area (TPSA) is 82.5 Å². The number of nitrogens with zero attached hydrogens (tertiary/aromatic N) is 1. The number of pyridine rings is 1. The van der Waals surface area contributed by atoms with Crippen molar-refractivity contribution in [1.82, 2.24) is 4.98 Å². The summed E-state index contributed by atoms with van der Waals surface area (Å²) in [6.45, 7) is 1.93. The van der Waals surface area contributed by atoms with Crippen LogP contribution < -0.4 is 5.32 Å². The molecule has 5 nitrogen and oxygen atoms in total. The van der Waals surface area contributed by atoms with E-state index in [1.165, 1.54) is 12.4 Å². The highest BCUT2D eigenvalue weighted by atomic mass is 16.4. The number of anilines is 1. The molecule has 0 bridgehead atoms. The minimum absolute atomic E-state index is 0.105. The van der Waals surface area contributed by atoms with E-state index in [1.807, 2.05) is 0 Å². The highest BCUT2D eigenvalue weighted by molar-refractivity contribution is 5.93. The molecule has 1 aromatic rings. The largest absolute Gasteiger partial charge is 0.478 e. The van der Waals surface area contributed by atoms with Crippen LogP contribution in [0.2, 0.25) is 0 Å². The standard InChI is InChI=1S/C9H12N2O3/c1-6(12)4-11-8-2-3-10-5-7(8)9(13)14/h2-3,5-6,12H,4H2,1H3,(H,10,11)(H,13,14). The van der Waals surface area contributed by atoms with Crippen molar-refractivity contribution in [2.45, 2.75) is 13.0 Å². The molecule has 1 aromatic heterocycles. The van der Waals surface area contributed by atoms with Crippen LogP contribution in [-0.2, 0) is 0 Å². The molecule has 0 fully saturated rings. The summed E-state index contributed by atoms with van der Waals surface area (Å²) in [5.74, 6) is -1.04. The summed E-state index contributed by atoms with van der Waals surface area (Å²) in [4.78, 5) is 14.4. The zero-order chi connectivity index (χ0) is 10.6. The first-order chi connectivity index (χ1) is 6.61. The Kier molecular flexibility index (Phi) is 3.41. The van der Waals surface area contributed by atoms with E-state index < -0.39 is 12.1 Å². The van der Waals surface area contributed by atoms with Gasteiger partial charge in [-0.15, -0.1) is 0 Å². The highest BCUT2D eigenvalue weighted by Gasteiger charge is 2.09. The molecule has 1 unspecified atom stereocenters. The lowest BCUT2D eigenvalue weighted by atomic mass is 10.2. The first-order valence-corrected chi connectivity index (χ1v) is 4.20. The Morgan fingerprint density at radius 2 is 2.43 bits per heavy atom. The van der Waals surface area contributed by atoms with Crippen molar-refractivity contribution in [2.75, 3.05) is 11.9 Å². The van der Waals surface area contributed by atoms with Crippen LogP contribution in [0.5, 0.6) is 0 Å². The second-order valence-electron chi connectivity index (χ2n) is 2.96. The number of rotatable bonds is 4. The maximum absolute atomic E-state index is 10.7. The Morgan fingerprint density at radius 1 is 1.71 bits per heavy atom. The molecule has 0 amide bonds. The summed E-state index contributed by atoms with van der Waals surface area (Å²) in [6, 6.07) is 1.56. The van der Waals surface area contributed by atoms with Crippen LogP contribution >= 0.6 is 0 Å². The van der Waals surface area contributed by atoms with Crippen molar-refractivity contribution in [3.05, 3.63) is 24.0 Å². The number of nitrogens with one attached hydrogen (secondary N) is 1. The Bertz CT molecular complexity index is 326. The summed E-state index contributed by atoms with van der Waals surface area (Å²) < 4.78 is 0. The zero-order valence-corrected chi connectivity index (χ0v) is 7.77. The fourth-order valence-corrected chi connectivity index (χ4v) is 0.977. The molecular formula is C9H12N2O3. The van der Waals surface area contributed by atoms with Gasteiger partial charge in [-0.05, 0) is 13.0 Å². The zero-order valence-electron chi connectivity index (χ0n) is 7.77. The van der Waals surface area contributed by atoms with Crippen LogP contribution in [-0.4, -0.2) is 33.8 Å². The lowest BCUT2D eigenvalue weighted by Crippen LogP contribution is -2.17. The van der Waals surface area contributed by atoms with Crippen molar-refractivity contribution in [3.63, 3.8) is 0 Å². The number of aromatic nitrogens is 1. The van der Waals surface area contributed by atoms with Crippen molar-refractivity contribution >= 4 is 11.7 Å². The summed E-state index contributed by atoms with van der Waals surface area (Å²) in [5.41, 5.74) is 0.571. The summed E-state index contributed by atoms with van der Waals surface area (Å²) in [7, 11) is 0. The number of carbonyl (C=O) groups is 1. The number of hydrogen-bond donors (Lipinski definition) is 3. The van der Waals surface area contributed by atoms with E-state index in [-0.39, 0.29) is 5.56 Å². The van der Waals surface area contributed by atoms with Gasteiger partial charge < -0.3 is 15.5 Å². The van der Waals surface area contributed by atoms with E-state index in [0.717, 1.165) is 0 Å². The lowest BCUT2D eigenvalue weighted by Gasteiger charge is -2.09. The molecule has 1 rings (SSSR count). The molecule has 14 heavy (non-hydrogen) atoms. The molecule has 0 aromatic carbocycles. The SMILES string of the molecule is CC(O)CNc1ccncc1C(=O)O. The molecule has 0 spiro atoms. The van der Waals surface area contributed by atoms with E-state index in [9.17, 15) is 4.79 Å². The van der Waals surface area contributed by atoms with Gasteiger partial charge in [0.05, 0.1) is 11.8 Å². The van der Waals surface area contributed by atoms with Gasteiger partial charge in [0, 0.05) is 18.9 Å². The Morgan fingerprint density at radius 3 is 3.00 bits per heavy atom. The third-order valence-electron chi connectivity index (χ3n) is 1.64. The summed E-state index contributed by atoms with van der Waals surface area (Å²) in [6.07, 6.45) is 2.24. The van der Waals surface area contributed by atoms with Crippen molar-refractivity contribution in [1.29, 1.82) is 0 Å². The quantitative estimate of drug-likeness (QED) is 0.655. The number of carboxylic acids is 1. The summed E-state index contributed by atoms with van der Waals surface area (Å²) >= 11 is 0. The maximum Gasteiger partial charge on any atom is 0.339 e. The molecule has 0 saturated carbocycles.